The highest BCUT2D eigenvalue weighted by Crippen LogP contribution is 2.20. The molecule has 1 aliphatic rings. The van der Waals surface area contributed by atoms with E-state index in [2.05, 4.69) is 5.10 Å². The van der Waals surface area contributed by atoms with Crippen molar-refractivity contribution in [2.75, 3.05) is 6.61 Å². The van der Waals surface area contributed by atoms with E-state index in [0.29, 0.717) is 6.17 Å². The highest BCUT2D eigenvalue weighted by atomic mass is 16.5. The van der Waals surface area contributed by atoms with E-state index in [9.17, 15) is 0 Å². The molecule has 0 bridgehead atoms. The van der Waals surface area contributed by atoms with E-state index in [4.69, 9.17) is 6.11 Å². The fraction of sp³-hybridized carbons (Fsp3) is 0.625. The van der Waals surface area contributed by atoms with Crippen LogP contribution in [-0.2, 0) is 4.74 Å². The molecule has 1 unspecified atom stereocenters. The maximum absolute atomic E-state index is 7.51. The van der Waals surface area contributed by atoms with E-state index in [-0.39, 0.29) is 6.23 Å². The second kappa shape index (κ2) is 3.05. The first-order valence-corrected chi connectivity index (χ1v) is 3.99. The predicted octanol–water partition coefficient (Wildman–Crippen LogP) is 1.58. The van der Waals surface area contributed by atoms with Crippen LogP contribution in [0.2, 0.25) is 0 Å². The number of ether oxygens (including phenoxy) is 1. The summed E-state index contributed by atoms with van der Waals surface area (Å²) < 4.78 is 14.6. The second-order valence-corrected chi connectivity index (χ2v) is 2.73. The number of aromatic nitrogens is 2. The molecule has 3 nitrogen and oxygen atoms in total. The van der Waals surface area contributed by atoms with Crippen molar-refractivity contribution in [1.82, 2.24) is 9.78 Å². The zero-order chi connectivity index (χ0) is 8.39. The lowest BCUT2D eigenvalue weighted by molar-refractivity contribution is -0.0394. The third-order valence-electron chi connectivity index (χ3n) is 1.90. The molecule has 1 aliphatic heterocycles. The van der Waals surface area contributed by atoms with Crippen molar-refractivity contribution >= 4 is 0 Å². The van der Waals surface area contributed by atoms with E-state index in [1.165, 1.54) is 6.42 Å². The van der Waals surface area contributed by atoms with Gasteiger partial charge in [-0.1, -0.05) is 0 Å². The van der Waals surface area contributed by atoms with Gasteiger partial charge in [-0.05, 0) is 25.3 Å². The van der Waals surface area contributed by atoms with Crippen molar-refractivity contribution in [3.05, 3.63) is 18.4 Å². The number of nitrogens with zero attached hydrogens (tertiary/aromatic N) is 2. The SMILES string of the molecule is [2H]c1ccnn1C1CCCCO1. The fourth-order valence-electron chi connectivity index (χ4n) is 1.32. The Morgan fingerprint density at radius 3 is 3.27 bits per heavy atom. The molecule has 0 aliphatic carbocycles. The van der Waals surface area contributed by atoms with Gasteiger partial charge in [0, 0.05) is 19.0 Å². The van der Waals surface area contributed by atoms with Gasteiger partial charge in [0.2, 0.25) is 0 Å². The Bertz CT molecular complexity index is 255. The molecular formula is C8H12N2O. The first-order valence-electron chi connectivity index (χ1n) is 4.49. The molecule has 1 aromatic heterocycles. The summed E-state index contributed by atoms with van der Waals surface area (Å²) in [6, 6.07) is 1.68. The van der Waals surface area contributed by atoms with Crippen LogP contribution in [0.4, 0.5) is 0 Å². The van der Waals surface area contributed by atoms with Crippen LogP contribution in [0.15, 0.2) is 18.4 Å². The Hall–Kier alpha value is -0.830. The summed E-state index contributed by atoms with van der Waals surface area (Å²) in [7, 11) is 0. The van der Waals surface area contributed by atoms with E-state index in [1.54, 1.807) is 16.9 Å². The first kappa shape index (κ1) is 5.77. The minimum atomic E-state index is 0.00116. The third-order valence-corrected chi connectivity index (χ3v) is 1.90. The minimum Gasteiger partial charge on any atom is -0.357 e. The second-order valence-electron chi connectivity index (χ2n) is 2.73. The standard InChI is InChI=1S/C8H12N2O/c1-2-7-11-8(4-1)10-6-3-5-9-10/h3,5-6,8H,1-2,4,7H2/i6D. The summed E-state index contributed by atoms with van der Waals surface area (Å²) in [5, 5.41) is 4.04. The topological polar surface area (TPSA) is 27.1 Å². The molecule has 0 amide bonds. The Morgan fingerprint density at radius 1 is 1.64 bits per heavy atom. The van der Waals surface area contributed by atoms with Crippen molar-refractivity contribution in [1.29, 1.82) is 0 Å². The molecule has 2 rings (SSSR count). The minimum absolute atomic E-state index is 0.00116. The highest BCUT2D eigenvalue weighted by Gasteiger charge is 2.14. The Balaban J connectivity index is 2.13. The number of hydrogen-bond donors (Lipinski definition) is 0. The maximum atomic E-state index is 7.51. The highest BCUT2D eigenvalue weighted by molar-refractivity contribution is 4.79. The number of hydrogen-bond acceptors (Lipinski definition) is 2. The molecule has 11 heavy (non-hydrogen) atoms. The molecule has 0 radical (unpaired) electrons. The van der Waals surface area contributed by atoms with Crippen LogP contribution in [0.3, 0.4) is 0 Å². The van der Waals surface area contributed by atoms with Gasteiger partial charge in [0.1, 0.15) is 6.23 Å². The van der Waals surface area contributed by atoms with E-state index >= 15 is 0 Å². The van der Waals surface area contributed by atoms with Crippen molar-refractivity contribution in [2.45, 2.75) is 25.5 Å². The van der Waals surface area contributed by atoms with Crippen molar-refractivity contribution in [3.8, 4) is 0 Å². The third kappa shape index (κ3) is 1.43. The van der Waals surface area contributed by atoms with Gasteiger partial charge in [0.15, 0.2) is 0 Å². The summed E-state index contributed by atoms with van der Waals surface area (Å²) in [4.78, 5) is 0. The quantitative estimate of drug-likeness (QED) is 0.612. The van der Waals surface area contributed by atoms with Crippen LogP contribution in [0.25, 0.3) is 0 Å². The molecule has 1 saturated heterocycles. The monoisotopic (exact) mass is 153 g/mol. The van der Waals surface area contributed by atoms with Gasteiger partial charge in [-0.3, -0.25) is 0 Å². The van der Waals surface area contributed by atoms with Gasteiger partial charge in [-0.15, -0.1) is 0 Å². The summed E-state index contributed by atoms with van der Waals surface area (Å²) >= 11 is 0. The molecule has 3 heteroatoms. The largest absolute Gasteiger partial charge is 0.357 e. The van der Waals surface area contributed by atoms with Crippen molar-refractivity contribution < 1.29 is 6.11 Å². The van der Waals surface area contributed by atoms with Gasteiger partial charge >= 0.3 is 0 Å². The summed E-state index contributed by atoms with van der Waals surface area (Å²) in [6.07, 6.45) is 5.35. The zero-order valence-corrected chi connectivity index (χ0v) is 6.36. The summed E-state index contributed by atoms with van der Waals surface area (Å²) in [5.41, 5.74) is 0. The van der Waals surface area contributed by atoms with E-state index in [0.717, 1.165) is 19.4 Å². The lowest BCUT2D eigenvalue weighted by atomic mass is 10.2. The van der Waals surface area contributed by atoms with Gasteiger partial charge < -0.3 is 4.74 Å². The fourth-order valence-corrected chi connectivity index (χ4v) is 1.32. The Morgan fingerprint density at radius 2 is 2.64 bits per heavy atom. The molecular weight excluding hydrogens is 140 g/mol. The van der Waals surface area contributed by atoms with Gasteiger partial charge in [0.05, 0.1) is 1.37 Å². The van der Waals surface area contributed by atoms with Crippen LogP contribution >= 0.6 is 0 Å². The normalized spacial score (nSPS) is 26.5. The molecule has 60 valence electrons. The Labute approximate surface area is 67.4 Å². The van der Waals surface area contributed by atoms with Crippen molar-refractivity contribution in [2.24, 2.45) is 0 Å². The average Bonchev–Trinajstić information content (AvgIpc) is 2.53. The van der Waals surface area contributed by atoms with Crippen molar-refractivity contribution in [3.63, 3.8) is 0 Å². The maximum Gasteiger partial charge on any atom is 0.150 e. The molecule has 2 heterocycles. The van der Waals surface area contributed by atoms with Crippen LogP contribution in [0, 0.1) is 0 Å². The van der Waals surface area contributed by atoms with Crippen LogP contribution in [0.5, 0.6) is 0 Å². The van der Waals surface area contributed by atoms with E-state index in [1.807, 2.05) is 0 Å². The first-order chi connectivity index (χ1) is 5.88. The smallest absolute Gasteiger partial charge is 0.150 e. The van der Waals surface area contributed by atoms with Gasteiger partial charge in [0.25, 0.3) is 0 Å². The zero-order valence-electron chi connectivity index (χ0n) is 7.36. The van der Waals surface area contributed by atoms with Gasteiger partial charge in [-0.25, -0.2) is 4.68 Å². The lowest BCUT2D eigenvalue weighted by Crippen LogP contribution is -2.18. The van der Waals surface area contributed by atoms with Crippen LogP contribution in [-0.4, -0.2) is 16.4 Å². The molecule has 0 spiro atoms. The predicted molar refractivity (Wildman–Crippen MR) is 41.1 cm³/mol. The van der Waals surface area contributed by atoms with Gasteiger partial charge in [-0.2, -0.15) is 5.10 Å². The lowest BCUT2D eigenvalue weighted by Gasteiger charge is -2.22. The molecule has 0 saturated carbocycles. The summed E-state index contributed by atoms with van der Waals surface area (Å²) in [5.74, 6) is 0. The molecule has 1 fully saturated rings. The van der Waals surface area contributed by atoms with Crippen LogP contribution < -0.4 is 0 Å². The average molecular weight is 153 g/mol. The molecule has 0 N–H and O–H groups in total. The van der Waals surface area contributed by atoms with Crippen LogP contribution in [0.1, 0.15) is 26.9 Å². The Kier molecular flexibility index (Phi) is 1.60. The summed E-state index contributed by atoms with van der Waals surface area (Å²) in [6.45, 7) is 0.796. The molecule has 1 aromatic rings. The molecule has 1 atom stereocenters. The van der Waals surface area contributed by atoms with E-state index < -0.39 is 0 Å². The number of rotatable bonds is 1. The molecule has 0 aromatic carbocycles.